The molecule has 0 bridgehead atoms. The summed E-state index contributed by atoms with van der Waals surface area (Å²) in [6.45, 7) is 8.47. The number of rotatable bonds is 10. The van der Waals surface area contributed by atoms with Gasteiger partial charge in [0, 0.05) is 128 Å². The summed E-state index contributed by atoms with van der Waals surface area (Å²) in [5, 5.41) is 14.5. The van der Waals surface area contributed by atoms with Gasteiger partial charge in [-0.3, -0.25) is 0 Å². The fourth-order valence-electron chi connectivity index (χ4n) is 17.8. The van der Waals surface area contributed by atoms with Gasteiger partial charge < -0.3 is 27.3 Å². The second-order valence-corrected chi connectivity index (χ2v) is 34.8. The predicted molar refractivity (Wildman–Crippen MR) is 514 cm³/mol. The molecule has 0 saturated carbocycles. The number of aromatic nitrogens is 8. The predicted octanol–water partition coefficient (Wildman–Crippen LogP) is 28.8. The molecule has 1 aliphatic heterocycles. The quantitative estimate of drug-likeness (QED) is 0.122. The molecule has 12 nitrogen and oxygen atoms in total. The molecule has 1 aliphatic rings. The summed E-state index contributed by atoms with van der Waals surface area (Å²) < 4.78 is 35.6. The third-order valence-corrected chi connectivity index (χ3v) is 27.0. The van der Waals surface area contributed by atoms with Gasteiger partial charge in [-0.15, -0.1) is 22.7 Å². The molecular weight excluding hydrogens is 1580 g/mol. The van der Waals surface area contributed by atoms with E-state index < -0.39 is 18.3 Å². The lowest BCUT2D eigenvalue weighted by atomic mass is 9.77. The fourth-order valence-corrected chi connectivity index (χ4v) is 20.3. The van der Waals surface area contributed by atoms with Gasteiger partial charge in [-0.05, 0) is 165 Å². The van der Waals surface area contributed by atoms with Crippen molar-refractivity contribution in [2.45, 2.75) is 38.9 Å². The maximum absolute atomic E-state index is 6.70. The van der Waals surface area contributed by atoms with Gasteiger partial charge in [-0.25, -0.2) is 19.9 Å². The van der Waals surface area contributed by atoms with Gasteiger partial charge in [-0.2, -0.15) is 9.97 Å². The molecule has 0 radical (unpaired) electrons. The average Bonchev–Trinajstić information content (AvgIpc) is 1.56. The van der Waals surface area contributed by atoms with Crippen molar-refractivity contribution in [1.82, 2.24) is 39.0 Å². The summed E-state index contributed by atoms with van der Waals surface area (Å²) >= 11 is 9.57. The summed E-state index contributed by atoms with van der Waals surface area (Å²) in [5.41, 5.74) is 19.9. The van der Waals surface area contributed by atoms with Crippen molar-refractivity contribution in [2.24, 2.45) is 0 Å². The molecule has 0 atom stereocenters. The third kappa shape index (κ3) is 12.8. The van der Waals surface area contributed by atoms with Gasteiger partial charge in [0.15, 0.2) is 29.1 Å². The highest BCUT2D eigenvalue weighted by Gasteiger charge is 2.52. The number of benzene rings is 16. The Kier molecular flexibility index (Phi) is 18.0. The third-order valence-electron chi connectivity index (χ3n) is 24.4. The summed E-state index contributed by atoms with van der Waals surface area (Å²) in [5.74, 6) is 3.07. The van der Waals surface area contributed by atoms with E-state index in [-0.39, 0.29) is 5.28 Å². The van der Waals surface area contributed by atoms with Gasteiger partial charge in [0.1, 0.15) is 22.3 Å². The van der Waals surface area contributed by atoms with E-state index in [4.69, 9.17) is 44.7 Å². The highest BCUT2D eigenvalue weighted by molar-refractivity contribution is 7.27. The molecule has 1 fully saturated rings. The topological polar surface area (TPSA) is 132 Å². The Morgan fingerprint density at radius 3 is 1.01 bits per heavy atom. The van der Waals surface area contributed by atoms with Crippen molar-refractivity contribution in [3.05, 3.63) is 369 Å². The Morgan fingerprint density at radius 2 is 0.605 bits per heavy atom. The van der Waals surface area contributed by atoms with Crippen LogP contribution in [-0.2, 0) is 9.31 Å². The highest BCUT2D eigenvalue weighted by Crippen LogP contribution is 2.50. The van der Waals surface area contributed by atoms with E-state index in [9.17, 15) is 0 Å². The lowest BCUT2D eigenvalue weighted by Crippen LogP contribution is -2.41. The van der Waals surface area contributed by atoms with Crippen LogP contribution in [0.15, 0.2) is 373 Å². The monoisotopic (exact) mass is 1650 g/mol. The Hall–Kier alpha value is -14.5. The molecule has 24 aromatic rings. The summed E-state index contributed by atoms with van der Waals surface area (Å²) in [4.78, 5) is 28.3. The molecule has 1 saturated heterocycles. The Labute approximate surface area is 725 Å². The van der Waals surface area contributed by atoms with Gasteiger partial charge in [0.05, 0.1) is 33.3 Å². The van der Waals surface area contributed by atoms with Gasteiger partial charge in [-0.1, -0.05) is 261 Å². The van der Waals surface area contributed by atoms with Crippen LogP contribution in [0.1, 0.15) is 27.7 Å². The molecular formula is C108H72BClN8O4S2. The Morgan fingerprint density at radius 1 is 0.274 bits per heavy atom. The minimum absolute atomic E-state index is 0.202. The van der Waals surface area contributed by atoms with Crippen LogP contribution in [-0.4, -0.2) is 57.4 Å². The largest absolute Gasteiger partial charge is 0.496 e. The Balaban J connectivity index is 0.000000120. The Bertz CT molecular complexity index is 8100. The zero-order valence-electron chi connectivity index (χ0n) is 67.6. The van der Waals surface area contributed by atoms with Crippen LogP contribution in [0.25, 0.3) is 218 Å². The molecule has 16 heteroatoms. The van der Waals surface area contributed by atoms with Crippen LogP contribution in [0, 0.1) is 0 Å². The first-order chi connectivity index (χ1) is 60.8. The van der Waals surface area contributed by atoms with Gasteiger partial charge in [0.2, 0.25) is 5.28 Å². The first kappa shape index (κ1) is 74.5. The molecule has 0 amide bonds. The van der Waals surface area contributed by atoms with E-state index in [1.54, 1.807) is 22.7 Å². The standard InChI is InChI=1S/C51H30N4OS.C42H32BNO3S.C15H10ClN3/c1-3-13-32(14-4-1)49-52-50(33-15-5-2-6-16-33)54-51(53-49)40-30-34(29-39-47-45(57-48(39)40)28-27-44-46(47)38-19-9-12-22-43(38)56-44)31-23-25-35(26-24-31)55-41-20-10-7-17-36(41)37-18-8-11-21-42(37)55;1-41(2)42(3,4)47-43(46-41)32-24-26(23-31-39-37(48-40(31)32)22-21-36-38(39)30-13-7-10-16-35(30)45-36)25-17-19-27(20-18-25)44-33-14-8-5-11-28(33)29-12-6-9-15-34(29)44;16-15-18-13(11-7-3-1-4-8-11)17-14(19-15)12-9-5-2-6-10-12/h1-30H;5-24H,1-4H3;1-10H. The highest BCUT2D eigenvalue weighted by atomic mass is 35.5. The van der Waals surface area contributed by atoms with Crippen LogP contribution in [0.2, 0.25) is 5.28 Å². The van der Waals surface area contributed by atoms with Gasteiger partial charge in [0.25, 0.3) is 0 Å². The van der Waals surface area contributed by atoms with Crippen molar-refractivity contribution in [3.63, 3.8) is 0 Å². The lowest BCUT2D eigenvalue weighted by Gasteiger charge is -2.32. The van der Waals surface area contributed by atoms with Crippen molar-refractivity contribution in [1.29, 1.82) is 0 Å². The molecule has 16 aromatic carbocycles. The van der Waals surface area contributed by atoms with Crippen LogP contribution >= 0.6 is 34.3 Å². The number of furan rings is 2. The zero-order valence-corrected chi connectivity index (χ0v) is 70.0. The van der Waals surface area contributed by atoms with Crippen molar-refractivity contribution in [2.75, 3.05) is 0 Å². The van der Waals surface area contributed by atoms with Crippen molar-refractivity contribution in [3.8, 4) is 90.6 Å². The summed E-state index contributed by atoms with van der Waals surface area (Å²) in [7, 11) is -0.487. The van der Waals surface area contributed by atoms with Crippen molar-refractivity contribution >= 4 is 175 Å². The molecule has 124 heavy (non-hydrogen) atoms. The minimum Gasteiger partial charge on any atom is -0.456 e. The lowest BCUT2D eigenvalue weighted by molar-refractivity contribution is 0.00578. The molecule has 8 aromatic heterocycles. The normalized spacial score (nSPS) is 13.2. The van der Waals surface area contributed by atoms with Crippen LogP contribution < -0.4 is 5.46 Å². The summed E-state index contributed by atoms with van der Waals surface area (Å²) in [6.07, 6.45) is 0. The molecule has 0 aliphatic carbocycles. The second kappa shape index (κ2) is 30.0. The molecule has 0 N–H and O–H groups in total. The smallest absolute Gasteiger partial charge is 0.456 e. The average molecular weight is 1660 g/mol. The number of para-hydroxylation sites is 6. The number of thiophene rings is 2. The van der Waals surface area contributed by atoms with E-state index in [1.807, 2.05) is 115 Å². The van der Waals surface area contributed by atoms with E-state index in [2.05, 4.69) is 301 Å². The van der Waals surface area contributed by atoms with Gasteiger partial charge >= 0.3 is 7.12 Å². The SMILES string of the molecule is CC1(C)OB(c2cc(-c3ccc(-n4c5ccccc5c5ccccc54)cc3)cc3c2sc2ccc4oc5ccccc5c4c23)OC1(C)C.Clc1nc(-c2ccccc2)nc(-c2ccccc2)n1.c1ccc(-c2nc(-c3ccccc3)nc(-c3cc(-c4ccc(-n5c6ccccc6c6ccccc65)cc4)cc4c3sc3ccc5oc6ccccc6c5c34)n2)cc1. The molecule has 25 rings (SSSR count). The summed E-state index contributed by atoms with van der Waals surface area (Å²) in [6, 6.07) is 127. The first-order valence-electron chi connectivity index (χ1n) is 41.4. The first-order valence-corrected chi connectivity index (χ1v) is 43.4. The van der Waals surface area contributed by atoms with E-state index >= 15 is 0 Å². The van der Waals surface area contributed by atoms with Crippen LogP contribution in [0.4, 0.5) is 0 Å². The molecule has 9 heterocycles. The fraction of sp³-hybridized carbons (Fsp3) is 0.0556. The number of hydrogen-bond acceptors (Lipinski definition) is 12. The van der Waals surface area contributed by atoms with E-state index in [1.165, 1.54) is 73.9 Å². The second-order valence-electron chi connectivity index (χ2n) is 32.3. The van der Waals surface area contributed by atoms with Crippen LogP contribution in [0.5, 0.6) is 0 Å². The number of nitrogens with zero attached hydrogens (tertiary/aromatic N) is 8. The minimum atomic E-state index is -0.487. The molecule has 590 valence electrons. The maximum Gasteiger partial charge on any atom is 0.496 e. The van der Waals surface area contributed by atoms with E-state index in [0.29, 0.717) is 29.1 Å². The number of fused-ring (bicyclic) bond motifs is 20. The number of hydrogen-bond donors (Lipinski definition) is 0. The molecule has 0 unspecified atom stereocenters. The van der Waals surface area contributed by atoms with E-state index in [0.717, 1.165) is 121 Å². The maximum atomic E-state index is 6.70. The zero-order chi connectivity index (χ0) is 82.9. The van der Waals surface area contributed by atoms with Crippen LogP contribution in [0.3, 0.4) is 0 Å². The van der Waals surface area contributed by atoms with Crippen molar-refractivity contribution < 1.29 is 18.1 Å². The molecule has 0 spiro atoms. The number of halogens is 1.